The normalized spacial score (nSPS) is 17.1. The van der Waals surface area contributed by atoms with Crippen LogP contribution in [0.1, 0.15) is 33.1 Å². The molecule has 0 heterocycles. The molecule has 5 heteroatoms. The second-order valence-corrected chi connectivity index (χ2v) is 5.59. The van der Waals surface area contributed by atoms with Crippen LogP contribution in [0, 0.1) is 0 Å². The third-order valence-corrected chi connectivity index (χ3v) is 3.48. The quantitative estimate of drug-likeness (QED) is 0.548. The molecule has 4 nitrogen and oxygen atoms in total. The number of rotatable bonds is 8. The molecule has 0 aliphatic rings. The maximum Gasteiger partial charge on any atom is 0.323 e. The van der Waals surface area contributed by atoms with Crippen LogP contribution >= 0.6 is 11.8 Å². The summed E-state index contributed by atoms with van der Waals surface area (Å²) in [5.74, 6) is -0.00359. The number of carbonyl (C=O) groups is 1. The van der Waals surface area contributed by atoms with E-state index in [1.54, 1.807) is 18.7 Å². The van der Waals surface area contributed by atoms with Gasteiger partial charge in [-0.05, 0) is 25.5 Å². The molecule has 0 aromatic heterocycles. The number of hydrogen-bond acceptors (Lipinski definition) is 4. The van der Waals surface area contributed by atoms with E-state index in [1.165, 1.54) is 0 Å². The lowest BCUT2D eigenvalue weighted by molar-refractivity contribution is -0.142. The molecule has 0 aliphatic carbocycles. The van der Waals surface area contributed by atoms with Gasteiger partial charge in [0.2, 0.25) is 0 Å². The Bertz CT molecular complexity index is 197. The van der Waals surface area contributed by atoms with Crippen LogP contribution in [0.15, 0.2) is 0 Å². The van der Waals surface area contributed by atoms with Gasteiger partial charge in [0.1, 0.15) is 5.54 Å². The highest BCUT2D eigenvalue weighted by Crippen LogP contribution is 2.16. The van der Waals surface area contributed by atoms with Gasteiger partial charge in [-0.25, -0.2) is 0 Å². The molecule has 0 rings (SSSR count). The summed E-state index contributed by atoms with van der Waals surface area (Å²) in [4.78, 5) is 10.7. The van der Waals surface area contributed by atoms with Crippen molar-refractivity contribution in [1.82, 2.24) is 0 Å². The number of unbranched alkanes of at least 4 members (excludes halogenated alkanes) is 1. The fourth-order valence-electron chi connectivity index (χ4n) is 1.04. The smallest absolute Gasteiger partial charge is 0.323 e. The largest absolute Gasteiger partial charge is 0.480 e. The SMILES string of the molecule is CC(CO)SCCCCC(C)(N)C(=O)O. The molecule has 0 fully saturated rings. The van der Waals surface area contributed by atoms with Crippen LogP contribution < -0.4 is 5.73 Å². The van der Waals surface area contributed by atoms with Crippen molar-refractivity contribution in [3.05, 3.63) is 0 Å². The monoisotopic (exact) mass is 235 g/mol. The predicted octanol–water partition coefficient (Wildman–Crippen LogP) is 1.07. The molecular formula is C10H21NO3S. The van der Waals surface area contributed by atoms with Gasteiger partial charge in [-0.3, -0.25) is 4.79 Å². The molecule has 4 N–H and O–H groups in total. The highest BCUT2D eigenvalue weighted by Gasteiger charge is 2.26. The summed E-state index contributed by atoms with van der Waals surface area (Å²) in [6.07, 6.45) is 2.25. The van der Waals surface area contributed by atoms with Gasteiger partial charge in [0.05, 0.1) is 6.61 Å². The van der Waals surface area contributed by atoms with E-state index in [4.69, 9.17) is 15.9 Å². The maximum absolute atomic E-state index is 10.7. The third-order valence-electron chi connectivity index (χ3n) is 2.24. The summed E-state index contributed by atoms with van der Waals surface area (Å²) in [6.45, 7) is 3.70. The molecular weight excluding hydrogens is 214 g/mol. The minimum atomic E-state index is -1.10. The van der Waals surface area contributed by atoms with Crippen molar-refractivity contribution in [2.75, 3.05) is 12.4 Å². The van der Waals surface area contributed by atoms with Gasteiger partial charge in [-0.2, -0.15) is 11.8 Å². The number of carboxylic acid groups (broad SMARTS) is 1. The van der Waals surface area contributed by atoms with Crippen molar-refractivity contribution in [3.8, 4) is 0 Å². The number of aliphatic hydroxyl groups excluding tert-OH is 1. The van der Waals surface area contributed by atoms with Crippen LogP contribution in [-0.4, -0.2) is 39.3 Å². The standard InChI is InChI=1S/C10H21NO3S/c1-8(7-12)15-6-4-3-5-10(2,11)9(13)14/h8,12H,3-7,11H2,1-2H3,(H,13,14). The lowest BCUT2D eigenvalue weighted by Crippen LogP contribution is -2.44. The van der Waals surface area contributed by atoms with Crippen LogP contribution in [0.25, 0.3) is 0 Å². The summed E-state index contributed by atoms with van der Waals surface area (Å²) in [5.41, 5.74) is 4.48. The molecule has 0 spiro atoms. The van der Waals surface area contributed by atoms with Gasteiger partial charge in [0, 0.05) is 5.25 Å². The van der Waals surface area contributed by atoms with Crippen molar-refractivity contribution in [2.45, 2.75) is 43.9 Å². The Morgan fingerprint density at radius 2 is 2.13 bits per heavy atom. The van der Waals surface area contributed by atoms with Gasteiger partial charge >= 0.3 is 5.97 Å². The summed E-state index contributed by atoms with van der Waals surface area (Å²) < 4.78 is 0. The Balaban J connectivity index is 3.51. The molecule has 0 radical (unpaired) electrons. The highest BCUT2D eigenvalue weighted by atomic mass is 32.2. The first-order chi connectivity index (χ1) is 6.90. The van der Waals surface area contributed by atoms with Crippen LogP contribution in [-0.2, 0) is 4.79 Å². The van der Waals surface area contributed by atoms with Crippen LogP contribution in [0.2, 0.25) is 0 Å². The zero-order valence-electron chi connectivity index (χ0n) is 9.40. The number of thioether (sulfide) groups is 1. The van der Waals surface area contributed by atoms with Crippen LogP contribution in [0.5, 0.6) is 0 Å². The molecule has 0 aromatic carbocycles. The van der Waals surface area contributed by atoms with Gasteiger partial charge in [-0.15, -0.1) is 0 Å². The van der Waals surface area contributed by atoms with Gasteiger partial charge < -0.3 is 15.9 Å². The highest BCUT2D eigenvalue weighted by molar-refractivity contribution is 7.99. The van der Waals surface area contributed by atoms with E-state index in [2.05, 4.69) is 0 Å². The van der Waals surface area contributed by atoms with E-state index in [1.807, 2.05) is 6.92 Å². The fourth-order valence-corrected chi connectivity index (χ4v) is 1.92. The minimum absolute atomic E-state index is 0.189. The first kappa shape index (κ1) is 14.7. The molecule has 2 unspecified atom stereocenters. The number of aliphatic hydroxyl groups is 1. The van der Waals surface area contributed by atoms with E-state index >= 15 is 0 Å². The Morgan fingerprint density at radius 3 is 2.60 bits per heavy atom. The van der Waals surface area contributed by atoms with Crippen LogP contribution in [0.3, 0.4) is 0 Å². The zero-order valence-corrected chi connectivity index (χ0v) is 10.2. The lowest BCUT2D eigenvalue weighted by Gasteiger charge is -2.18. The molecule has 15 heavy (non-hydrogen) atoms. The van der Waals surface area contributed by atoms with Crippen molar-refractivity contribution >= 4 is 17.7 Å². The predicted molar refractivity (Wildman–Crippen MR) is 63.1 cm³/mol. The molecule has 0 aromatic rings. The Labute approximate surface area is 95.2 Å². The van der Waals surface area contributed by atoms with Crippen molar-refractivity contribution in [1.29, 1.82) is 0 Å². The Morgan fingerprint density at radius 1 is 1.53 bits per heavy atom. The topological polar surface area (TPSA) is 83.5 Å². The first-order valence-corrected chi connectivity index (χ1v) is 6.19. The number of aliphatic carboxylic acids is 1. The molecule has 0 bridgehead atoms. The second kappa shape index (κ2) is 7.09. The Hall–Kier alpha value is -0.260. The Kier molecular flexibility index (Phi) is 6.96. The summed E-state index contributed by atoms with van der Waals surface area (Å²) >= 11 is 1.70. The van der Waals surface area contributed by atoms with Gasteiger partial charge in [-0.1, -0.05) is 13.3 Å². The van der Waals surface area contributed by atoms with Crippen molar-refractivity contribution < 1.29 is 15.0 Å². The van der Waals surface area contributed by atoms with E-state index < -0.39 is 11.5 Å². The number of hydrogen-bond donors (Lipinski definition) is 3. The first-order valence-electron chi connectivity index (χ1n) is 5.15. The molecule has 0 aliphatic heterocycles. The molecule has 2 atom stereocenters. The van der Waals surface area contributed by atoms with Gasteiger partial charge in [0.15, 0.2) is 0 Å². The zero-order chi connectivity index (χ0) is 11.9. The summed E-state index contributed by atoms with van der Waals surface area (Å²) in [5, 5.41) is 17.8. The van der Waals surface area contributed by atoms with E-state index in [0.29, 0.717) is 6.42 Å². The van der Waals surface area contributed by atoms with E-state index in [9.17, 15) is 4.79 Å². The van der Waals surface area contributed by atoms with Crippen LogP contribution in [0.4, 0.5) is 0 Å². The van der Waals surface area contributed by atoms with E-state index in [-0.39, 0.29) is 11.9 Å². The third kappa shape index (κ3) is 6.76. The second-order valence-electron chi connectivity index (χ2n) is 4.04. The van der Waals surface area contributed by atoms with Crippen molar-refractivity contribution in [3.63, 3.8) is 0 Å². The number of carboxylic acids is 1. The summed E-state index contributed by atoms with van der Waals surface area (Å²) in [7, 11) is 0. The molecule has 0 amide bonds. The fraction of sp³-hybridized carbons (Fsp3) is 0.900. The molecule has 0 saturated carbocycles. The summed E-state index contributed by atoms with van der Waals surface area (Å²) in [6, 6.07) is 0. The average Bonchev–Trinajstić information content (AvgIpc) is 2.16. The molecule has 0 saturated heterocycles. The maximum atomic E-state index is 10.7. The van der Waals surface area contributed by atoms with Gasteiger partial charge in [0.25, 0.3) is 0 Å². The lowest BCUT2D eigenvalue weighted by atomic mass is 9.97. The minimum Gasteiger partial charge on any atom is -0.480 e. The number of nitrogens with two attached hydrogens (primary N) is 1. The van der Waals surface area contributed by atoms with Crippen molar-refractivity contribution in [2.24, 2.45) is 5.73 Å². The molecule has 90 valence electrons. The average molecular weight is 235 g/mol. The van der Waals surface area contributed by atoms with E-state index in [0.717, 1.165) is 18.6 Å².